The quantitative estimate of drug-likeness (QED) is 0.543. The SMILES string of the molecule is CCCNCc1ccc(SCc2csc(C(C)C)n2)cc1. The van der Waals surface area contributed by atoms with E-state index in [1.807, 2.05) is 11.8 Å². The maximum atomic E-state index is 4.68. The van der Waals surface area contributed by atoms with Crippen molar-refractivity contribution in [3.8, 4) is 0 Å². The van der Waals surface area contributed by atoms with E-state index in [0.717, 1.165) is 18.8 Å². The summed E-state index contributed by atoms with van der Waals surface area (Å²) in [6, 6.07) is 8.85. The highest BCUT2D eigenvalue weighted by atomic mass is 32.2. The van der Waals surface area contributed by atoms with Gasteiger partial charge in [-0.2, -0.15) is 0 Å². The molecule has 0 bridgehead atoms. The molecule has 0 aliphatic rings. The highest BCUT2D eigenvalue weighted by Crippen LogP contribution is 2.26. The van der Waals surface area contributed by atoms with Crippen molar-refractivity contribution in [3.05, 3.63) is 45.9 Å². The topological polar surface area (TPSA) is 24.9 Å². The van der Waals surface area contributed by atoms with Crippen LogP contribution in [0.5, 0.6) is 0 Å². The molecule has 2 nitrogen and oxygen atoms in total. The van der Waals surface area contributed by atoms with Gasteiger partial charge in [-0.05, 0) is 30.7 Å². The average Bonchev–Trinajstić information content (AvgIpc) is 2.96. The summed E-state index contributed by atoms with van der Waals surface area (Å²) in [5.74, 6) is 1.49. The third-order valence-electron chi connectivity index (χ3n) is 3.13. The van der Waals surface area contributed by atoms with Gasteiger partial charge in [0, 0.05) is 28.5 Å². The highest BCUT2D eigenvalue weighted by molar-refractivity contribution is 7.98. The summed E-state index contributed by atoms with van der Waals surface area (Å²) in [6.45, 7) is 8.62. The van der Waals surface area contributed by atoms with Gasteiger partial charge in [-0.25, -0.2) is 4.98 Å². The lowest BCUT2D eigenvalue weighted by Crippen LogP contribution is -2.13. The Morgan fingerprint density at radius 1 is 1.24 bits per heavy atom. The number of thiazole rings is 1. The van der Waals surface area contributed by atoms with Gasteiger partial charge in [-0.1, -0.05) is 32.9 Å². The lowest BCUT2D eigenvalue weighted by Gasteiger charge is -2.05. The van der Waals surface area contributed by atoms with Crippen LogP contribution in [-0.4, -0.2) is 11.5 Å². The van der Waals surface area contributed by atoms with Crippen LogP contribution < -0.4 is 5.32 Å². The van der Waals surface area contributed by atoms with E-state index in [9.17, 15) is 0 Å². The Balaban J connectivity index is 1.82. The first kappa shape index (κ1) is 16.5. The third kappa shape index (κ3) is 5.46. The number of nitrogens with zero attached hydrogens (tertiary/aromatic N) is 1. The van der Waals surface area contributed by atoms with Crippen LogP contribution in [-0.2, 0) is 12.3 Å². The summed E-state index contributed by atoms with van der Waals surface area (Å²) >= 11 is 3.63. The zero-order chi connectivity index (χ0) is 15.1. The molecule has 0 radical (unpaired) electrons. The minimum Gasteiger partial charge on any atom is -0.313 e. The predicted molar refractivity (Wildman–Crippen MR) is 94.2 cm³/mol. The van der Waals surface area contributed by atoms with E-state index in [1.54, 1.807) is 11.3 Å². The fourth-order valence-electron chi connectivity index (χ4n) is 1.92. The first-order valence-corrected chi connectivity index (χ1v) is 9.42. The number of hydrogen-bond donors (Lipinski definition) is 1. The van der Waals surface area contributed by atoms with Gasteiger partial charge in [0.1, 0.15) is 0 Å². The second-order valence-electron chi connectivity index (χ2n) is 5.44. The molecule has 2 aromatic rings. The number of aromatic nitrogens is 1. The van der Waals surface area contributed by atoms with Crippen molar-refractivity contribution < 1.29 is 0 Å². The molecule has 0 atom stereocenters. The van der Waals surface area contributed by atoms with E-state index in [4.69, 9.17) is 0 Å². The van der Waals surface area contributed by atoms with Crippen LogP contribution in [0, 0.1) is 0 Å². The molecule has 1 aromatic carbocycles. The molecule has 4 heteroatoms. The molecular formula is C17H24N2S2. The van der Waals surface area contributed by atoms with Crippen molar-refractivity contribution >= 4 is 23.1 Å². The largest absolute Gasteiger partial charge is 0.313 e. The number of nitrogens with one attached hydrogen (secondary N) is 1. The second kappa shape index (κ2) is 8.57. The van der Waals surface area contributed by atoms with E-state index in [1.165, 1.54) is 27.6 Å². The summed E-state index contributed by atoms with van der Waals surface area (Å²) < 4.78 is 0. The molecule has 114 valence electrons. The van der Waals surface area contributed by atoms with Crippen LogP contribution >= 0.6 is 23.1 Å². The second-order valence-corrected chi connectivity index (χ2v) is 7.38. The van der Waals surface area contributed by atoms with Crippen LogP contribution in [0.1, 0.15) is 49.4 Å². The molecule has 0 spiro atoms. The lowest BCUT2D eigenvalue weighted by molar-refractivity contribution is 0.675. The third-order valence-corrected chi connectivity index (χ3v) is 5.37. The van der Waals surface area contributed by atoms with Crippen LogP contribution in [0.3, 0.4) is 0 Å². The van der Waals surface area contributed by atoms with Gasteiger partial charge < -0.3 is 5.32 Å². The Labute approximate surface area is 136 Å². The molecule has 1 N–H and O–H groups in total. The van der Waals surface area contributed by atoms with Crippen LogP contribution in [0.4, 0.5) is 0 Å². The maximum absolute atomic E-state index is 4.68. The Morgan fingerprint density at radius 2 is 2.00 bits per heavy atom. The molecule has 0 aliphatic heterocycles. The Morgan fingerprint density at radius 3 is 2.62 bits per heavy atom. The van der Waals surface area contributed by atoms with Crippen molar-refractivity contribution in [2.45, 2.75) is 50.3 Å². The first-order valence-electron chi connectivity index (χ1n) is 7.55. The fraction of sp³-hybridized carbons (Fsp3) is 0.471. The highest BCUT2D eigenvalue weighted by Gasteiger charge is 2.06. The van der Waals surface area contributed by atoms with E-state index in [-0.39, 0.29) is 0 Å². The summed E-state index contributed by atoms with van der Waals surface area (Å²) in [4.78, 5) is 5.99. The summed E-state index contributed by atoms with van der Waals surface area (Å²) in [5.41, 5.74) is 2.55. The monoisotopic (exact) mass is 320 g/mol. The summed E-state index contributed by atoms with van der Waals surface area (Å²) in [7, 11) is 0. The van der Waals surface area contributed by atoms with Crippen LogP contribution in [0.2, 0.25) is 0 Å². The van der Waals surface area contributed by atoms with Crippen LogP contribution in [0.25, 0.3) is 0 Å². The van der Waals surface area contributed by atoms with Gasteiger partial charge in [0.15, 0.2) is 0 Å². The summed E-state index contributed by atoms with van der Waals surface area (Å²) in [6.07, 6.45) is 1.18. The molecule has 0 saturated carbocycles. The number of thioether (sulfide) groups is 1. The molecule has 0 unspecified atom stereocenters. The van der Waals surface area contributed by atoms with E-state index < -0.39 is 0 Å². The van der Waals surface area contributed by atoms with Gasteiger partial charge in [-0.15, -0.1) is 23.1 Å². The molecule has 2 rings (SSSR count). The van der Waals surface area contributed by atoms with E-state index in [2.05, 4.69) is 60.7 Å². The standard InChI is InChI=1S/C17H24N2S2/c1-4-9-18-10-14-5-7-16(8-6-14)20-11-15-12-21-17(19-15)13(2)3/h5-8,12-13,18H,4,9-11H2,1-3H3. The summed E-state index contributed by atoms with van der Waals surface area (Å²) in [5, 5.41) is 6.85. The molecule has 0 saturated heterocycles. The van der Waals surface area contributed by atoms with Gasteiger partial charge in [0.05, 0.1) is 10.7 Å². The minimum absolute atomic E-state index is 0.531. The average molecular weight is 321 g/mol. The van der Waals surface area contributed by atoms with Gasteiger partial charge in [0.25, 0.3) is 0 Å². The molecule has 0 amide bonds. The molecule has 0 aliphatic carbocycles. The van der Waals surface area contributed by atoms with E-state index in [0.29, 0.717) is 5.92 Å². The fourth-order valence-corrected chi connectivity index (χ4v) is 3.66. The Kier molecular flexibility index (Phi) is 6.74. The van der Waals surface area contributed by atoms with Crippen LogP contribution in [0.15, 0.2) is 34.5 Å². The maximum Gasteiger partial charge on any atom is 0.0954 e. The van der Waals surface area contributed by atoms with Gasteiger partial charge in [0.2, 0.25) is 0 Å². The Bertz CT molecular complexity index is 532. The normalized spacial score (nSPS) is 11.2. The number of benzene rings is 1. The number of hydrogen-bond acceptors (Lipinski definition) is 4. The van der Waals surface area contributed by atoms with E-state index >= 15 is 0 Å². The molecular weight excluding hydrogens is 296 g/mol. The lowest BCUT2D eigenvalue weighted by atomic mass is 10.2. The predicted octanol–water partition coefficient (Wildman–Crippen LogP) is 5.06. The van der Waals surface area contributed by atoms with Gasteiger partial charge >= 0.3 is 0 Å². The molecule has 0 fully saturated rings. The van der Waals surface area contributed by atoms with Crippen molar-refractivity contribution in [2.75, 3.05) is 6.54 Å². The zero-order valence-corrected chi connectivity index (χ0v) is 14.7. The van der Waals surface area contributed by atoms with Crippen molar-refractivity contribution in [1.82, 2.24) is 10.3 Å². The smallest absolute Gasteiger partial charge is 0.0954 e. The molecule has 21 heavy (non-hydrogen) atoms. The first-order chi connectivity index (χ1) is 10.2. The molecule has 1 aromatic heterocycles. The molecule has 1 heterocycles. The van der Waals surface area contributed by atoms with Crippen molar-refractivity contribution in [1.29, 1.82) is 0 Å². The number of rotatable bonds is 8. The van der Waals surface area contributed by atoms with Crippen molar-refractivity contribution in [3.63, 3.8) is 0 Å². The van der Waals surface area contributed by atoms with Crippen molar-refractivity contribution in [2.24, 2.45) is 0 Å². The minimum atomic E-state index is 0.531. The zero-order valence-electron chi connectivity index (χ0n) is 13.1. The van der Waals surface area contributed by atoms with Gasteiger partial charge in [-0.3, -0.25) is 0 Å². The Hall–Kier alpha value is -0.840.